The lowest BCUT2D eigenvalue weighted by Crippen LogP contribution is -2.37. The van der Waals surface area contributed by atoms with Crippen molar-refractivity contribution in [2.75, 3.05) is 25.0 Å². The van der Waals surface area contributed by atoms with E-state index in [0.29, 0.717) is 13.1 Å². The number of urea groups is 1. The maximum absolute atomic E-state index is 12.1. The number of halogens is 1. The zero-order chi connectivity index (χ0) is 14.3. The number of hydrogen-bond acceptors (Lipinski definition) is 2. The van der Waals surface area contributed by atoms with Gasteiger partial charge in [-0.15, -0.1) is 0 Å². The van der Waals surface area contributed by atoms with Crippen molar-refractivity contribution in [3.8, 4) is 0 Å². The number of nitrogens with one attached hydrogen (secondary N) is 1. The molecule has 0 aliphatic carbocycles. The van der Waals surface area contributed by atoms with Crippen LogP contribution in [-0.2, 0) is 0 Å². The molecule has 1 aromatic carbocycles. The first-order valence-electron chi connectivity index (χ1n) is 6.51. The van der Waals surface area contributed by atoms with Crippen LogP contribution in [0.15, 0.2) is 22.7 Å². The van der Waals surface area contributed by atoms with Crippen LogP contribution in [0.4, 0.5) is 10.5 Å². The van der Waals surface area contributed by atoms with E-state index in [0.717, 1.165) is 28.6 Å². The van der Waals surface area contributed by atoms with Gasteiger partial charge in [0.25, 0.3) is 0 Å². The number of rotatable bonds is 6. The normalized spacial score (nSPS) is 10.3. The molecular weight excluding hydrogens is 308 g/mol. The number of amides is 2. The molecule has 5 heteroatoms. The molecule has 4 nitrogen and oxygen atoms in total. The van der Waals surface area contributed by atoms with Crippen LogP contribution in [0.2, 0.25) is 0 Å². The summed E-state index contributed by atoms with van der Waals surface area (Å²) in [5.74, 6) is 0. The van der Waals surface area contributed by atoms with Crippen molar-refractivity contribution in [1.29, 1.82) is 0 Å². The fourth-order valence-corrected chi connectivity index (χ4v) is 2.29. The van der Waals surface area contributed by atoms with Gasteiger partial charge in [-0.3, -0.25) is 0 Å². The summed E-state index contributed by atoms with van der Waals surface area (Å²) in [5, 5.41) is 11.9. The van der Waals surface area contributed by atoms with Gasteiger partial charge in [0.15, 0.2) is 0 Å². The second-order valence-corrected chi connectivity index (χ2v) is 5.33. The third-order valence-electron chi connectivity index (χ3n) is 2.80. The predicted octanol–water partition coefficient (Wildman–Crippen LogP) is 3.38. The Balaban J connectivity index is 2.69. The van der Waals surface area contributed by atoms with Crippen molar-refractivity contribution < 1.29 is 9.90 Å². The van der Waals surface area contributed by atoms with Gasteiger partial charge in [0, 0.05) is 17.6 Å². The average molecular weight is 329 g/mol. The van der Waals surface area contributed by atoms with E-state index >= 15 is 0 Å². The summed E-state index contributed by atoms with van der Waals surface area (Å²) in [6.45, 7) is 5.06. The van der Waals surface area contributed by atoms with Crippen molar-refractivity contribution in [3.05, 3.63) is 28.2 Å². The van der Waals surface area contributed by atoms with Crippen LogP contribution >= 0.6 is 15.9 Å². The summed E-state index contributed by atoms with van der Waals surface area (Å²) in [5.41, 5.74) is 1.87. The van der Waals surface area contributed by atoms with Crippen molar-refractivity contribution in [3.63, 3.8) is 0 Å². The Bertz CT molecular complexity index is 424. The number of aliphatic hydroxyl groups is 1. The lowest BCUT2D eigenvalue weighted by Gasteiger charge is -2.22. The standard InChI is InChI=1S/C14H21BrN2O2/c1-3-4-7-17(8-9-18)14(19)16-13-6-5-11(2)10-12(13)15/h5-6,10,18H,3-4,7-9H2,1-2H3,(H,16,19). The van der Waals surface area contributed by atoms with Gasteiger partial charge in [0.1, 0.15) is 0 Å². The smallest absolute Gasteiger partial charge is 0.321 e. The molecule has 0 aliphatic rings. The molecule has 0 fully saturated rings. The highest BCUT2D eigenvalue weighted by Gasteiger charge is 2.13. The molecule has 1 aromatic rings. The summed E-state index contributed by atoms with van der Waals surface area (Å²) in [7, 11) is 0. The van der Waals surface area contributed by atoms with Crippen molar-refractivity contribution in [1.82, 2.24) is 4.90 Å². The van der Waals surface area contributed by atoms with Crippen molar-refractivity contribution in [2.24, 2.45) is 0 Å². The average Bonchev–Trinajstić information content (AvgIpc) is 2.37. The Morgan fingerprint density at radius 3 is 2.74 bits per heavy atom. The van der Waals surface area contributed by atoms with Gasteiger partial charge in [-0.2, -0.15) is 0 Å². The highest BCUT2D eigenvalue weighted by molar-refractivity contribution is 9.10. The molecule has 0 radical (unpaired) electrons. The van der Waals surface area contributed by atoms with Gasteiger partial charge in [-0.1, -0.05) is 19.4 Å². The van der Waals surface area contributed by atoms with Gasteiger partial charge >= 0.3 is 6.03 Å². The molecule has 0 bridgehead atoms. The molecule has 19 heavy (non-hydrogen) atoms. The molecule has 0 spiro atoms. The molecule has 2 amide bonds. The van der Waals surface area contributed by atoms with Crippen LogP contribution in [-0.4, -0.2) is 35.7 Å². The van der Waals surface area contributed by atoms with E-state index < -0.39 is 0 Å². The van der Waals surface area contributed by atoms with Crippen LogP contribution in [0, 0.1) is 6.92 Å². The first kappa shape index (κ1) is 16.0. The van der Waals surface area contributed by atoms with E-state index in [2.05, 4.69) is 28.2 Å². The Morgan fingerprint density at radius 2 is 2.16 bits per heavy atom. The Hall–Kier alpha value is -1.07. The first-order valence-corrected chi connectivity index (χ1v) is 7.30. The molecule has 0 aliphatic heterocycles. The van der Waals surface area contributed by atoms with Gasteiger partial charge in [-0.25, -0.2) is 4.79 Å². The monoisotopic (exact) mass is 328 g/mol. The minimum absolute atomic E-state index is 0.0216. The molecule has 0 saturated heterocycles. The number of carbonyl (C=O) groups excluding carboxylic acids is 1. The number of anilines is 1. The van der Waals surface area contributed by atoms with Gasteiger partial charge in [-0.05, 0) is 47.0 Å². The number of hydrogen-bond donors (Lipinski definition) is 2. The minimum atomic E-state index is -0.174. The lowest BCUT2D eigenvalue weighted by atomic mass is 10.2. The summed E-state index contributed by atoms with van der Waals surface area (Å²) in [6, 6.07) is 5.60. The quantitative estimate of drug-likeness (QED) is 0.841. The van der Waals surface area contributed by atoms with Crippen LogP contribution in [0.3, 0.4) is 0 Å². The molecule has 0 aromatic heterocycles. The maximum Gasteiger partial charge on any atom is 0.321 e. The maximum atomic E-state index is 12.1. The number of unbranched alkanes of at least 4 members (excludes halogenated alkanes) is 1. The number of nitrogens with zero attached hydrogens (tertiary/aromatic N) is 1. The van der Waals surface area contributed by atoms with Crippen LogP contribution in [0.25, 0.3) is 0 Å². The third kappa shape index (κ3) is 5.20. The van der Waals surface area contributed by atoms with Gasteiger partial charge in [0.05, 0.1) is 12.3 Å². The van der Waals surface area contributed by atoms with E-state index in [-0.39, 0.29) is 12.6 Å². The summed E-state index contributed by atoms with van der Waals surface area (Å²) >= 11 is 3.43. The number of aryl methyl sites for hydroxylation is 1. The molecule has 0 saturated carbocycles. The summed E-state index contributed by atoms with van der Waals surface area (Å²) in [4.78, 5) is 13.8. The third-order valence-corrected chi connectivity index (χ3v) is 3.46. The second-order valence-electron chi connectivity index (χ2n) is 4.48. The Labute approximate surface area is 122 Å². The number of aliphatic hydroxyl groups excluding tert-OH is 1. The second kappa shape index (κ2) is 8.17. The van der Waals surface area contributed by atoms with Crippen LogP contribution in [0.5, 0.6) is 0 Å². The van der Waals surface area contributed by atoms with Gasteiger partial charge < -0.3 is 15.3 Å². The molecule has 106 valence electrons. The van der Waals surface area contributed by atoms with Crippen molar-refractivity contribution in [2.45, 2.75) is 26.7 Å². The molecule has 0 atom stereocenters. The zero-order valence-corrected chi connectivity index (χ0v) is 13.0. The number of carbonyl (C=O) groups is 1. The highest BCUT2D eigenvalue weighted by atomic mass is 79.9. The van der Waals surface area contributed by atoms with E-state index in [1.165, 1.54) is 0 Å². The zero-order valence-electron chi connectivity index (χ0n) is 11.4. The topological polar surface area (TPSA) is 52.6 Å². The summed E-state index contributed by atoms with van der Waals surface area (Å²) < 4.78 is 0.861. The fourth-order valence-electron chi connectivity index (χ4n) is 1.70. The first-order chi connectivity index (χ1) is 9.08. The van der Waals surface area contributed by atoms with E-state index in [9.17, 15) is 4.79 Å². The Morgan fingerprint density at radius 1 is 1.42 bits per heavy atom. The fraction of sp³-hybridized carbons (Fsp3) is 0.500. The molecular formula is C14H21BrN2O2. The minimum Gasteiger partial charge on any atom is -0.395 e. The lowest BCUT2D eigenvalue weighted by molar-refractivity contribution is 0.187. The molecule has 2 N–H and O–H groups in total. The molecule has 1 rings (SSSR count). The van der Waals surface area contributed by atoms with E-state index in [1.807, 2.05) is 25.1 Å². The SMILES string of the molecule is CCCCN(CCO)C(=O)Nc1ccc(C)cc1Br. The summed E-state index contributed by atoms with van der Waals surface area (Å²) in [6.07, 6.45) is 1.95. The number of benzene rings is 1. The van der Waals surface area contributed by atoms with Gasteiger partial charge in [0.2, 0.25) is 0 Å². The molecule has 0 unspecified atom stereocenters. The van der Waals surface area contributed by atoms with E-state index in [4.69, 9.17) is 5.11 Å². The highest BCUT2D eigenvalue weighted by Crippen LogP contribution is 2.23. The van der Waals surface area contributed by atoms with Crippen molar-refractivity contribution >= 4 is 27.6 Å². The molecule has 0 heterocycles. The predicted molar refractivity (Wildman–Crippen MR) is 81.5 cm³/mol. The van der Waals surface area contributed by atoms with E-state index in [1.54, 1.807) is 4.90 Å². The largest absolute Gasteiger partial charge is 0.395 e. The Kier molecular flexibility index (Phi) is 6.87. The van der Waals surface area contributed by atoms with Crippen LogP contribution < -0.4 is 5.32 Å². The van der Waals surface area contributed by atoms with Crippen LogP contribution in [0.1, 0.15) is 25.3 Å².